The number of fused-ring (bicyclic) bond motifs is 1. The van der Waals surface area contributed by atoms with E-state index in [1.54, 1.807) is 6.92 Å². The van der Waals surface area contributed by atoms with Crippen LogP contribution in [0, 0.1) is 0 Å². The van der Waals surface area contributed by atoms with Gasteiger partial charge in [-0.25, -0.2) is 4.98 Å². The zero-order valence-electron chi connectivity index (χ0n) is 11.9. The number of carbonyl (C=O) groups excluding carboxylic acids is 1. The van der Waals surface area contributed by atoms with Crippen molar-refractivity contribution in [1.82, 2.24) is 9.55 Å². The molecule has 1 aromatic heterocycles. The van der Waals surface area contributed by atoms with Crippen molar-refractivity contribution in [3.63, 3.8) is 0 Å². The minimum Gasteiger partial charge on any atom is -0.326 e. The summed E-state index contributed by atoms with van der Waals surface area (Å²) >= 11 is 6.01. The predicted octanol–water partition coefficient (Wildman–Crippen LogP) is 3.47. The number of benzene rings is 1. The Kier molecular flexibility index (Phi) is 4.78. The highest BCUT2D eigenvalue weighted by atomic mass is 35.5. The molecule has 2 N–H and O–H groups in total. The summed E-state index contributed by atoms with van der Waals surface area (Å²) in [5.74, 6) is 1.00. The van der Waals surface area contributed by atoms with Crippen LogP contribution in [0.5, 0.6) is 0 Å². The number of aromatic nitrogens is 2. The first-order chi connectivity index (χ1) is 9.52. The second-order valence-electron chi connectivity index (χ2n) is 5.10. The first-order valence-electron chi connectivity index (χ1n) is 6.93. The van der Waals surface area contributed by atoms with Crippen molar-refractivity contribution in [2.24, 2.45) is 5.73 Å². The van der Waals surface area contributed by atoms with Crippen LogP contribution in [0.3, 0.4) is 0 Å². The van der Waals surface area contributed by atoms with Gasteiger partial charge in [0.05, 0.1) is 17.1 Å². The van der Waals surface area contributed by atoms with Crippen molar-refractivity contribution in [1.29, 1.82) is 0 Å². The van der Waals surface area contributed by atoms with Gasteiger partial charge in [-0.3, -0.25) is 4.79 Å². The van der Waals surface area contributed by atoms with Gasteiger partial charge < -0.3 is 10.3 Å². The lowest BCUT2D eigenvalue weighted by molar-refractivity contribution is -0.117. The summed E-state index contributed by atoms with van der Waals surface area (Å²) in [7, 11) is 0. The van der Waals surface area contributed by atoms with Crippen molar-refractivity contribution in [3.8, 4) is 0 Å². The summed E-state index contributed by atoms with van der Waals surface area (Å²) in [5.41, 5.74) is 8.03. The highest BCUT2D eigenvalue weighted by Gasteiger charge is 2.16. The SMILES string of the molecule is CCCC(N)c1nc2cc(Cl)ccc2n1CCC(C)=O. The molecule has 1 unspecified atom stereocenters. The molecule has 2 rings (SSSR count). The Morgan fingerprint density at radius 1 is 1.50 bits per heavy atom. The molecule has 0 aliphatic heterocycles. The Bertz CT molecular complexity index is 621. The minimum absolute atomic E-state index is 0.113. The van der Waals surface area contributed by atoms with Gasteiger partial charge >= 0.3 is 0 Å². The van der Waals surface area contributed by atoms with Crippen molar-refractivity contribution < 1.29 is 4.79 Å². The monoisotopic (exact) mass is 293 g/mol. The van der Waals surface area contributed by atoms with Crippen LogP contribution in [0.4, 0.5) is 0 Å². The average Bonchev–Trinajstić information content (AvgIpc) is 2.74. The fourth-order valence-electron chi connectivity index (χ4n) is 2.35. The van der Waals surface area contributed by atoms with Crippen molar-refractivity contribution in [2.75, 3.05) is 0 Å². The maximum atomic E-state index is 11.2. The molecule has 20 heavy (non-hydrogen) atoms. The Labute approximate surface area is 123 Å². The molecule has 0 aliphatic carbocycles. The van der Waals surface area contributed by atoms with Crippen LogP contribution in [-0.2, 0) is 11.3 Å². The molecule has 0 saturated carbocycles. The van der Waals surface area contributed by atoms with Crippen molar-refractivity contribution in [2.45, 2.75) is 45.7 Å². The number of nitrogens with two attached hydrogens (primary N) is 1. The van der Waals surface area contributed by atoms with Gasteiger partial charge in [-0.1, -0.05) is 24.9 Å². The van der Waals surface area contributed by atoms with Gasteiger partial charge in [0, 0.05) is 18.0 Å². The standard InChI is InChI=1S/C15H20ClN3O/c1-3-4-12(17)15-18-13-9-11(16)5-6-14(13)19(15)8-7-10(2)20/h5-6,9,12H,3-4,7-8,17H2,1-2H3. The van der Waals surface area contributed by atoms with E-state index in [0.717, 1.165) is 29.7 Å². The quantitative estimate of drug-likeness (QED) is 0.887. The molecule has 0 aliphatic rings. The minimum atomic E-state index is -0.113. The summed E-state index contributed by atoms with van der Waals surface area (Å²) in [5, 5.41) is 0.657. The molecule has 0 radical (unpaired) electrons. The molecule has 5 heteroatoms. The molecular formula is C15H20ClN3O. The first kappa shape index (κ1) is 15.0. The fraction of sp³-hybridized carbons (Fsp3) is 0.467. The third-order valence-corrected chi connectivity index (χ3v) is 3.59. The number of nitrogens with zero attached hydrogens (tertiary/aromatic N) is 2. The van der Waals surface area contributed by atoms with E-state index >= 15 is 0 Å². The van der Waals surface area contributed by atoms with E-state index in [0.29, 0.717) is 18.0 Å². The second kappa shape index (κ2) is 6.37. The molecule has 108 valence electrons. The zero-order valence-corrected chi connectivity index (χ0v) is 12.7. The van der Waals surface area contributed by atoms with Crippen molar-refractivity contribution >= 4 is 28.4 Å². The molecule has 0 bridgehead atoms. The topological polar surface area (TPSA) is 60.9 Å². The average molecular weight is 294 g/mol. The fourth-order valence-corrected chi connectivity index (χ4v) is 2.52. The molecule has 1 aromatic carbocycles. The Morgan fingerprint density at radius 3 is 2.90 bits per heavy atom. The second-order valence-corrected chi connectivity index (χ2v) is 5.54. The highest BCUT2D eigenvalue weighted by molar-refractivity contribution is 6.31. The van der Waals surface area contributed by atoms with Crippen LogP contribution in [0.25, 0.3) is 11.0 Å². The maximum Gasteiger partial charge on any atom is 0.131 e. The number of rotatable bonds is 6. The lowest BCUT2D eigenvalue weighted by atomic mass is 10.1. The van der Waals surface area contributed by atoms with E-state index in [4.69, 9.17) is 17.3 Å². The third kappa shape index (κ3) is 3.19. The smallest absolute Gasteiger partial charge is 0.131 e. The molecule has 2 aromatic rings. The van der Waals surface area contributed by atoms with Crippen LogP contribution in [0.1, 0.15) is 45.0 Å². The van der Waals surface area contributed by atoms with Crippen molar-refractivity contribution in [3.05, 3.63) is 29.0 Å². The normalized spacial score (nSPS) is 12.8. The van der Waals surface area contributed by atoms with E-state index in [2.05, 4.69) is 11.9 Å². The largest absolute Gasteiger partial charge is 0.326 e. The summed E-state index contributed by atoms with van der Waals surface area (Å²) in [6.07, 6.45) is 2.36. The highest BCUT2D eigenvalue weighted by Crippen LogP contribution is 2.25. The molecule has 1 atom stereocenters. The van der Waals surface area contributed by atoms with Crippen LogP contribution in [0.2, 0.25) is 5.02 Å². The van der Waals surface area contributed by atoms with Gasteiger partial charge in [0.2, 0.25) is 0 Å². The number of imidazole rings is 1. The van der Waals surface area contributed by atoms with E-state index in [9.17, 15) is 4.79 Å². The van der Waals surface area contributed by atoms with Crippen LogP contribution in [-0.4, -0.2) is 15.3 Å². The predicted molar refractivity (Wildman–Crippen MR) is 81.9 cm³/mol. The van der Waals surface area contributed by atoms with Gasteiger partial charge in [0.25, 0.3) is 0 Å². The van der Waals surface area contributed by atoms with Gasteiger partial charge in [-0.2, -0.15) is 0 Å². The Balaban J connectivity index is 2.47. The summed E-state index contributed by atoms with van der Waals surface area (Å²) < 4.78 is 2.05. The maximum absolute atomic E-state index is 11.2. The van der Waals surface area contributed by atoms with Gasteiger partial charge in [0.15, 0.2) is 0 Å². The van der Waals surface area contributed by atoms with Crippen LogP contribution in [0.15, 0.2) is 18.2 Å². The molecule has 4 nitrogen and oxygen atoms in total. The van der Waals surface area contributed by atoms with Gasteiger partial charge in [-0.05, 0) is 31.5 Å². The number of halogens is 1. The third-order valence-electron chi connectivity index (χ3n) is 3.36. The summed E-state index contributed by atoms with van der Waals surface area (Å²) in [6.45, 7) is 4.31. The molecule has 0 fully saturated rings. The number of hydrogen-bond acceptors (Lipinski definition) is 3. The molecule has 0 amide bonds. The van der Waals surface area contributed by atoms with E-state index < -0.39 is 0 Å². The number of Topliss-reactive ketones (excluding diaryl/α,β-unsaturated/α-hetero) is 1. The molecule has 1 heterocycles. The summed E-state index contributed by atoms with van der Waals surface area (Å²) in [6, 6.07) is 5.50. The first-order valence-corrected chi connectivity index (χ1v) is 7.31. The molecule has 0 saturated heterocycles. The van der Waals surface area contributed by atoms with E-state index in [-0.39, 0.29) is 11.8 Å². The molecular weight excluding hydrogens is 274 g/mol. The lowest BCUT2D eigenvalue weighted by Gasteiger charge is -2.13. The van der Waals surface area contributed by atoms with Gasteiger partial charge in [-0.15, -0.1) is 0 Å². The van der Waals surface area contributed by atoms with E-state index in [1.165, 1.54) is 0 Å². The van der Waals surface area contributed by atoms with Gasteiger partial charge in [0.1, 0.15) is 11.6 Å². The molecule has 0 spiro atoms. The number of aryl methyl sites for hydroxylation is 1. The number of hydrogen-bond donors (Lipinski definition) is 1. The van der Waals surface area contributed by atoms with E-state index in [1.807, 2.05) is 22.8 Å². The zero-order chi connectivity index (χ0) is 14.7. The number of ketones is 1. The van der Waals surface area contributed by atoms with Crippen LogP contribution >= 0.6 is 11.6 Å². The Morgan fingerprint density at radius 2 is 2.25 bits per heavy atom. The lowest BCUT2D eigenvalue weighted by Crippen LogP contribution is -2.17. The Hall–Kier alpha value is -1.39. The number of carbonyl (C=O) groups is 1. The van der Waals surface area contributed by atoms with Crippen LogP contribution < -0.4 is 5.73 Å². The summed E-state index contributed by atoms with van der Waals surface area (Å²) in [4.78, 5) is 15.9.